The second-order valence-electron chi connectivity index (χ2n) is 2.16. The van der Waals surface area contributed by atoms with Crippen LogP contribution in [0.5, 0.6) is 0 Å². The Morgan fingerprint density at radius 1 is 1.33 bits per heavy atom. The van der Waals surface area contributed by atoms with Gasteiger partial charge < -0.3 is 0 Å². The van der Waals surface area contributed by atoms with E-state index in [0.29, 0.717) is 0 Å². The lowest BCUT2D eigenvalue weighted by atomic mass is 11.8. The van der Waals surface area contributed by atoms with E-state index in [9.17, 15) is 0 Å². The van der Waals surface area contributed by atoms with Gasteiger partial charge in [-0.15, -0.1) is 0 Å². The van der Waals surface area contributed by atoms with Crippen molar-refractivity contribution in [3.63, 3.8) is 0 Å². The minimum atomic E-state index is -0.855. The summed E-state index contributed by atoms with van der Waals surface area (Å²) in [6, 6.07) is 0. The Labute approximate surface area is 49.2 Å². The molecule has 0 saturated heterocycles. The highest BCUT2D eigenvalue weighted by Crippen LogP contribution is 2.15. The van der Waals surface area contributed by atoms with Crippen LogP contribution < -0.4 is 0 Å². The molecule has 6 heavy (non-hydrogen) atoms. The van der Waals surface area contributed by atoms with Crippen molar-refractivity contribution < 1.29 is 0 Å². The van der Waals surface area contributed by atoms with Crippen molar-refractivity contribution in [2.75, 3.05) is 0 Å². The SMILES string of the molecule is C[Si](C)(C)I=N. The Kier molecular flexibility index (Phi) is 2.43. The molecule has 3 heteroatoms. The van der Waals surface area contributed by atoms with E-state index >= 15 is 0 Å². The molecular weight excluding hydrogens is 205 g/mol. The quantitative estimate of drug-likeness (QED) is 0.395. The zero-order valence-electron chi connectivity index (χ0n) is 4.38. The van der Waals surface area contributed by atoms with Crippen LogP contribution >= 0.6 is 20.2 Å². The highest BCUT2D eigenvalue weighted by atomic mass is 127. The Morgan fingerprint density at radius 3 is 1.50 bits per heavy atom. The maximum atomic E-state index is 7.03. The first-order chi connectivity index (χ1) is 2.56. The van der Waals surface area contributed by atoms with Crippen LogP contribution in [0.2, 0.25) is 19.6 Å². The van der Waals surface area contributed by atoms with E-state index in [0.717, 1.165) is 0 Å². The van der Waals surface area contributed by atoms with Crippen LogP contribution in [-0.4, -0.2) is 5.57 Å². The fourth-order valence-electron chi connectivity index (χ4n) is 0. The van der Waals surface area contributed by atoms with E-state index in [4.69, 9.17) is 3.56 Å². The zero-order chi connectivity index (χ0) is 5.21. The second kappa shape index (κ2) is 2.16. The largest absolute Gasteiger partial charge is 0.284 e. The van der Waals surface area contributed by atoms with Crippen LogP contribution in [0.3, 0.4) is 0 Å². The van der Waals surface area contributed by atoms with Gasteiger partial charge in [0.15, 0.2) is 0 Å². The molecule has 0 bridgehead atoms. The minimum Gasteiger partial charge on any atom is -0.284 e. The maximum absolute atomic E-state index is 7.03. The smallest absolute Gasteiger partial charge is 0.132 e. The summed E-state index contributed by atoms with van der Waals surface area (Å²) in [5.74, 6) is 0. The first-order valence-electron chi connectivity index (χ1n) is 1.88. The molecule has 0 rings (SSSR count). The molecule has 0 aliphatic rings. The van der Waals surface area contributed by atoms with Crippen LogP contribution in [0.25, 0.3) is 0 Å². The predicted molar refractivity (Wildman–Crippen MR) is 40.1 cm³/mol. The molecule has 38 valence electrons. The summed E-state index contributed by atoms with van der Waals surface area (Å²) < 4.78 is 7.03. The predicted octanol–water partition coefficient (Wildman–Crippen LogP) is 2.55. The average molecular weight is 215 g/mol. The van der Waals surface area contributed by atoms with Crippen LogP contribution in [-0.2, 0) is 0 Å². The van der Waals surface area contributed by atoms with Gasteiger partial charge in [-0.25, -0.2) is 0 Å². The molecule has 0 aromatic heterocycles. The van der Waals surface area contributed by atoms with Gasteiger partial charge in [0, 0.05) is 0 Å². The van der Waals surface area contributed by atoms with Gasteiger partial charge >= 0.3 is 0 Å². The normalized spacial score (nSPS) is 11.8. The summed E-state index contributed by atoms with van der Waals surface area (Å²) >= 11 is -0.147. The molecule has 0 amide bonds. The molecule has 0 aliphatic heterocycles. The summed E-state index contributed by atoms with van der Waals surface area (Å²) in [5, 5.41) is 0. The highest BCUT2D eigenvalue weighted by molar-refractivity contribution is 14.2. The Bertz CT molecular complexity index is 56.3. The third-order valence-corrected chi connectivity index (χ3v) is 5.70. The van der Waals surface area contributed by atoms with Crippen molar-refractivity contribution in [1.29, 1.82) is 3.56 Å². The first kappa shape index (κ1) is 6.75. The van der Waals surface area contributed by atoms with Crippen LogP contribution in [0.15, 0.2) is 0 Å². The maximum Gasteiger partial charge on any atom is 0.132 e. The summed E-state index contributed by atoms with van der Waals surface area (Å²) in [6.45, 7) is 6.73. The van der Waals surface area contributed by atoms with Crippen molar-refractivity contribution in [2.45, 2.75) is 19.6 Å². The minimum absolute atomic E-state index is 0.147. The molecule has 0 aromatic carbocycles. The fraction of sp³-hybridized carbons (Fsp3) is 1.00. The van der Waals surface area contributed by atoms with E-state index in [2.05, 4.69) is 19.6 Å². The van der Waals surface area contributed by atoms with E-state index in [1.807, 2.05) is 0 Å². The van der Waals surface area contributed by atoms with Crippen molar-refractivity contribution in [3.05, 3.63) is 0 Å². The lowest BCUT2D eigenvalue weighted by Crippen LogP contribution is -2.06. The Balaban J connectivity index is 3.45. The number of nitrogens with one attached hydrogen (secondary N) is 1. The zero-order valence-corrected chi connectivity index (χ0v) is 7.54. The molecule has 0 atom stereocenters. The second-order valence-corrected chi connectivity index (χ2v) is 17.8. The highest BCUT2D eigenvalue weighted by Gasteiger charge is 2.07. The van der Waals surface area contributed by atoms with Gasteiger partial charge in [0.2, 0.25) is 0 Å². The standard InChI is InChI=1S/C3H10INSi/c1-6(2,3)4-5/h5H,1-3H3. The third-order valence-electron chi connectivity index (χ3n) is 0.283. The van der Waals surface area contributed by atoms with Crippen LogP contribution in [0, 0.1) is 3.56 Å². The topological polar surface area (TPSA) is 23.9 Å². The van der Waals surface area contributed by atoms with Gasteiger partial charge in [0.05, 0.1) is 0 Å². The average Bonchev–Trinajstić information content (AvgIpc) is 1.35. The molecule has 0 radical (unpaired) electrons. The van der Waals surface area contributed by atoms with E-state index in [1.165, 1.54) is 0 Å². The molecule has 0 fully saturated rings. The van der Waals surface area contributed by atoms with E-state index in [1.54, 1.807) is 0 Å². The van der Waals surface area contributed by atoms with Gasteiger partial charge in [-0.2, -0.15) is 0 Å². The van der Waals surface area contributed by atoms with Crippen molar-refractivity contribution >= 4 is 25.8 Å². The van der Waals surface area contributed by atoms with E-state index in [-0.39, 0.29) is 20.2 Å². The summed E-state index contributed by atoms with van der Waals surface area (Å²) in [4.78, 5) is 0. The molecule has 0 heterocycles. The summed E-state index contributed by atoms with van der Waals surface area (Å²) in [7, 11) is 0. The Hall–Kier alpha value is 0.747. The van der Waals surface area contributed by atoms with Gasteiger partial charge in [-0.3, -0.25) is 3.56 Å². The molecular formula is C3H10INSi. The molecule has 1 nitrogen and oxygen atoms in total. The molecule has 1 N–H and O–H groups in total. The van der Waals surface area contributed by atoms with Gasteiger partial charge in [-0.1, -0.05) is 19.6 Å². The number of hydrogen-bond donors (Lipinski definition) is 1. The third kappa shape index (κ3) is 4.75. The van der Waals surface area contributed by atoms with Crippen molar-refractivity contribution in [3.8, 4) is 0 Å². The molecule has 0 spiro atoms. The fourth-order valence-corrected chi connectivity index (χ4v) is 0. The summed E-state index contributed by atoms with van der Waals surface area (Å²) in [6.07, 6.45) is 0. The Morgan fingerprint density at radius 2 is 1.50 bits per heavy atom. The molecule has 0 saturated carbocycles. The molecule has 0 unspecified atom stereocenters. The number of rotatable bonds is 1. The first-order valence-corrected chi connectivity index (χ1v) is 9.57. The number of hydrogen-bond acceptors (Lipinski definition) is 1. The van der Waals surface area contributed by atoms with Crippen molar-refractivity contribution in [1.82, 2.24) is 0 Å². The van der Waals surface area contributed by atoms with Crippen molar-refractivity contribution in [2.24, 2.45) is 0 Å². The van der Waals surface area contributed by atoms with Crippen LogP contribution in [0.1, 0.15) is 0 Å². The van der Waals surface area contributed by atoms with E-state index < -0.39 is 5.57 Å². The lowest BCUT2D eigenvalue weighted by Gasteiger charge is -2.01. The van der Waals surface area contributed by atoms with Crippen LogP contribution in [0.4, 0.5) is 0 Å². The lowest BCUT2D eigenvalue weighted by molar-refractivity contribution is 1.71. The monoisotopic (exact) mass is 215 g/mol. The summed E-state index contributed by atoms with van der Waals surface area (Å²) in [5.41, 5.74) is -0.855. The van der Waals surface area contributed by atoms with Gasteiger partial charge in [0.1, 0.15) is 5.57 Å². The number of halogens is 1. The van der Waals surface area contributed by atoms with Gasteiger partial charge in [-0.05, 0) is 20.2 Å². The molecule has 0 aromatic rings. The van der Waals surface area contributed by atoms with Gasteiger partial charge in [0.25, 0.3) is 0 Å². The molecule has 0 aliphatic carbocycles.